The molecule has 1 saturated heterocycles. The Balaban J connectivity index is 1.78. The molecule has 2 atom stereocenters. The number of piperidine rings is 1. The Morgan fingerprint density at radius 2 is 1.94 bits per heavy atom. The Hall–Kier alpha value is -0.610. The number of aliphatic hydroxyl groups excluding tert-OH is 1. The fourth-order valence-corrected chi connectivity index (χ4v) is 3.01. The van der Waals surface area contributed by atoms with E-state index in [0.717, 1.165) is 45.2 Å². The monoisotopic (exact) mass is 226 g/mol. The Kier molecular flexibility index (Phi) is 3.82. The fraction of sp³-hybridized carbons (Fsp3) is 0.917. The molecule has 1 saturated carbocycles. The lowest BCUT2D eigenvalue weighted by Crippen LogP contribution is -2.49. The van der Waals surface area contributed by atoms with Crippen molar-refractivity contribution in [3.05, 3.63) is 0 Å². The van der Waals surface area contributed by atoms with Crippen molar-refractivity contribution >= 4 is 5.91 Å². The van der Waals surface area contributed by atoms with Crippen LogP contribution in [0.5, 0.6) is 0 Å². The number of amides is 1. The quantitative estimate of drug-likeness (QED) is 0.721. The van der Waals surface area contributed by atoms with Crippen molar-refractivity contribution in [2.24, 2.45) is 0 Å². The van der Waals surface area contributed by atoms with Crippen LogP contribution < -0.4 is 5.32 Å². The van der Waals surface area contributed by atoms with Crippen LogP contribution >= 0.6 is 0 Å². The molecule has 0 aromatic rings. The highest BCUT2D eigenvalue weighted by Gasteiger charge is 2.32. The van der Waals surface area contributed by atoms with Crippen LogP contribution in [-0.2, 0) is 4.79 Å². The summed E-state index contributed by atoms with van der Waals surface area (Å²) in [6.45, 7) is 3.59. The lowest BCUT2D eigenvalue weighted by molar-refractivity contribution is -0.120. The van der Waals surface area contributed by atoms with E-state index in [2.05, 4.69) is 10.2 Å². The van der Waals surface area contributed by atoms with Crippen LogP contribution in [0.2, 0.25) is 0 Å². The van der Waals surface area contributed by atoms with E-state index in [1.54, 1.807) is 6.92 Å². The Labute approximate surface area is 97.0 Å². The van der Waals surface area contributed by atoms with Crippen molar-refractivity contribution in [1.29, 1.82) is 0 Å². The largest absolute Gasteiger partial charge is 0.391 e. The molecule has 0 aromatic carbocycles. The molecule has 4 nitrogen and oxygen atoms in total. The van der Waals surface area contributed by atoms with Crippen LogP contribution in [-0.4, -0.2) is 47.2 Å². The number of carbonyl (C=O) groups excluding carboxylic acids is 1. The van der Waals surface area contributed by atoms with Gasteiger partial charge in [-0.3, -0.25) is 9.69 Å². The summed E-state index contributed by atoms with van der Waals surface area (Å²) < 4.78 is 0. The van der Waals surface area contributed by atoms with Crippen LogP contribution in [0.3, 0.4) is 0 Å². The molecule has 1 aliphatic heterocycles. The number of hydrogen-bond acceptors (Lipinski definition) is 3. The molecule has 2 N–H and O–H groups in total. The van der Waals surface area contributed by atoms with Crippen LogP contribution in [0.25, 0.3) is 0 Å². The molecule has 0 radical (unpaired) electrons. The first kappa shape index (κ1) is 11.9. The molecule has 0 bridgehead atoms. The summed E-state index contributed by atoms with van der Waals surface area (Å²) in [5.74, 6) is 0.0688. The zero-order chi connectivity index (χ0) is 11.5. The van der Waals surface area contributed by atoms with E-state index in [1.807, 2.05) is 0 Å². The van der Waals surface area contributed by atoms with Crippen LogP contribution in [0.15, 0.2) is 0 Å². The van der Waals surface area contributed by atoms with Gasteiger partial charge in [-0.1, -0.05) is 0 Å². The van der Waals surface area contributed by atoms with Gasteiger partial charge in [-0.25, -0.2) is 0 Å². The van der Waals surface area contributed by atoms with E-state index < -0.39 is 0 Å². The predicted octanol–water partition coefficient (Wildman–Crippen LogP) is 0.500. The first-order valence-electron chi connectivity index (χ1n) is 6.36. The van der Waals surface area contributed by atoms with Gasteiger partial charge in [0.1, 0.15) is 0 Å². The zero-order valence-corrected chi connectivity index (χ0v) is 9.98. The van der Waals surface area contributed by atoms with Gasteiger partial charge in [0.25, 0.3) is 0 Å². The summed E-state index contributed by atoms with van der Waals surface area (Å²) in [6.07, 6.45) is 5.14. The molecule has 1 amide bonds. The van der Waals surface area contributed by atoms with Gasteiger partial charge in [0.15, 0.2) is 0 Å². The maximum Gasteiger partial charge on any atom is 0.217 e. The zero-order valence-electron chi connectivity index (χ0n) is 9.98. The third-order valence-corrected chi connectivity index (χ3v) is 3.85. The van der Waals surface area contributed by atoms with Gasteiger partial charge in [0, 0.05) is 32.1 Å². The Morgan fingerprint density at radius 1 is 1.25 bits per heavy atom. The fourth-order valence-electron chi connectivity index (χ4n) is 3.01. The number of nitrogens with one attached hydrogen (secondary N) is 1. The molecule has 0 unspecified atom stereocenters. The van der Waals surface area contributed by atoms with Crippen LogP contribution in [0.1, 0.15) is 39.0 Å². The van der Waals surface area contributed by atoms with E-state index >= 15 is 0 Å². The van der Waals surface area contributed by atoms with Crippen molar-refractivity contribution in [3.63, 3.8) is 0 Å². The summed E-state index contributed by atoms with van der Waals surface area (Å²) in [7, 11) is 0. The van der Waals surface area contributed by atoms with E-state index in [-0.39, 0.29) is 12.0 Å². The summed E-state index contributed by atoms with van der Waals surface area (Å²) in [5.41, 5.74) is 0. The Bertz CT molecular complexity index is 249. The second kappa shape index (κ2) is 5.15. The minimum Gasteiger partial charge on any atom is -0.391 e. The van der Waals surface area contributed by atoms with Gasteiger partial charge in [0.2, 0.25) is 5.91 Å². The number of likely N-dealkylation sites (tertiary alicyclic amines) is 1. The van der Waals surface area contributed by atoms with Gasteiger partial charge >= 0.3 is 0 Å². The number of hydrogen-bond donors (Lipinski definition) is 2. The number of carbonyl (C=O) groups is 1. The molecule has 16 heavy (non-hydrogen) atoms. The molecule has 2 fully saturated rings. The second-order valence-corrected chi connectivity index (χ2v) is 5.08. The third-order valence-electron chi connectivity index (χ3n) is 3.85. The van der Waals surface area contributed by atoms with E-state index in [1.165, 1.54) is 0 Å². The van der Waals surface area contributed by atoms with Crippen LogP contribution in [0.4, 0.5) is 0 Å². The van der Waals surface area contributed by atoms with Crippen LogP contribution in [0, 0.1) is 0 Å². The third kappa shape index (κ3) is 2.74. The van der Waals surface area contributed by atoms with E-state index in [0.29, 0.717) is 12.1 Å². The molecule has 92 valence electrons. The van der Waals surface area contributed by atoms with Gasteiger partial charge in [-0.2, -0.15) is 0 Å². The van der Waals surface area contributed by atoms with Crippen molar-refractivity contribution in [2.75, 3.05) is 13.1 Å². The number of aliphatic hydroxyl groups is 1. The molecular weight excluding hydrogens is 204 g/mol. The Morgan fingerprint density at radius 3 is 2.44 bits per heavy atom. The van der Waals surface area contributed by atoms with Gasteiger partial charge in [0.05, 0.1) is 6.10 Å². The summed E-state index contributed by atoms with van der Waals surface area (Å²) >= 11 is 0. The maximum atomic E-state index is 10.9. The molecule has 4 heteroatoms. The highest BCUT2D eigenvalue weighted by molar-refractivity contribution is 5.73. The summed E-state index contributed by atoms with van der Waals surface area (Å²) in [5, 5.41) is 12.8. The minimum absolute atomic E-state index is 0.0688. The molecule has 0 aromatic heterocycles. The van der Waals surface area contributed by atoms with Crippen molar-refractivity contribution < 1.29 is 9.90 Å². The molecule has 0 spiro atoms. The molecule has 2 rings (SSSR count). The smallest absolute Gasteiger partial charge is 0.217 e. The average Bonchev–Trinajstić information content (AvgIpc) is 2.65. The lowest BCUT2D eigenvalue weighted by Gasteiger charge is -2.37. The maximum absolute atomic E-state index is 10.9. The molecule has 1 heterocycles. The van der Waals surface area contributed by atoms with Crippen molar-refractivity contribution in [2.45, 2.75) is 57.2 Å². The minimum atomic E-state index is -0.127. The lowest BCUT2D eigenvalue weighted by atomic mass is 10.0. The first-order valence-corrected chi connectivity index (χ1v) is 6.36. The normalized spacial score (nSPS) is 32.9. The second-order valence-electron chi connectivity index (χ2n) is 5.08. The number of rotatable bonds is 2. The van der Waals surface area contributed by atoms with Gasteiger partial charge in [-0.15, -0.1) is 0 Å². The highest BCUT2D eigenvalue weighted by atomic mass is 16.3. The van der Waals surface area contributed by atoms with E-state index in [9.17, 15) is 9.90 Å². The molecule has 2 aliphatic rings. The van der Waals surface area contributed by atoms with E-state index in [4.69, 9.17) is 0 Å². The SMILES string of the molecule is CC(=O)NC1CCN([C@@H]2CCC[C@H]2O)CC1. The standard InChI is InChI=1S/C12H22N2O2/c1-9(15)13-10-5-7-14(8-6-10)11-3-2-4-12(11)16/h10-12,16H,2-8H2,1H3,(H,13,15)/t11-,12-/m1/s1. The molecular formula is C12H22N2O2. The highest BCUT2D eigenvalue weighted by Crippen LogP contribution is 2.26. The first-order chi connectivity index (χ1) is 7.66. The van der Waals surface area contributed by atoms with Gasteiger partial charge in [-0.05, 0) is 32.1 Å². The molecule has 1 aliphatic carbocycles. The summed E-state index contributed by atoms with van der Waals surface area (Å²) in [4.78, 5) is 13.3. The topological polar surface area (TPSA) is 52.6 Å². The van der Waals surface area contributed by atoms with Crippen molar-refractivity contribution in [1.82, 2.24) is 10.2 Å². The van der Waals surface area contributed by atoms with Gasteiger partial charge < -0.3 is 10.4 Å². The number of nitrogens with zero attached hydrogens (tertiary/aromatic N) is 1. The predicted molar refractivity (Wildman–Crippen MR) is 62.1 cm³/mol. The van der Waals surface area contributed by atoms with Crippen molar-refractivity contribution in [3.8, 4) is 0 Å². The summed E-state index contributed by atoms with van der Waals surface area (Å²) in [6, 6.07) is 0.713. The average molecular weight is 226 g/mol.